The van der Waals surface area contributed by atoms with Crippen LogP contribution in [0.25, 0.3) is 0 Å². The molecule has 0 saturated carbocycles. The number of rotatable bonds is 7. The first-order valence-corrected chi connectivity index (χ1v) is 8.23. The van der Waals surface area contributed by atoms with Gasteiger partial charge in [-0.15, -0.1) is 0 Å². The molecule has 0 aliphatic carbocycles. The van der Waals surface area contributed by atoms with Crippen LogP contribution in [0, 0.1) is 0 Å². The first-order valence-electron chi connectivity index (χ1n) is 8.23. The summed E-state index contributed by atoms with van der Waals surface area (Å²) in [5.74, 6) is -1.48. The van der Waals surface area contributed by atoms with E-state index in [1.54, 1.807) is 27.5 Å². The molecule has 3 N–H and O–H groups in total. The van der Waals surface area contributed by atoms with Gasteiger partial charge in [0, 0.05) is 30.9 Å². The van der Waals surface area contributed by atoms with Crippen molar-refractivity contribution in [3.63, 3.8) is 0 Å². The Labute approximate surface area is 162 Å². The number of benzene rings is 1. The molecule has 0 fully saturated rings. The van der Waals surface area contributed by atoms with Gasteiger partial charge in [-0.2, -0.15) is 0 Å². The van der Waals surface area contributed by atoms with E-state index >= 15 is 0 Å². The minimum atomic E-state index is -1.82. The zero-order valence-corrected chi connectivity index (χ0v) is 16.1. The van der Waals surface area contributed by atoms with E-state index in [2.05, 4.69) is 17.2 Å². The van der Waals surface area contributed by atoms with Gasteiger partial charge in [-0.1, -0.05) is 6.07 Å². The standard InChI is InChI=1S/C17H22N2O3.C2H2O4/c1-12(15-7-5-6-8-18-15)19-11-14-16(21-3)9-13(20-2)10-17(14)22-4;3-1(4)2(5)6/h5-10,12,19H,11H2,1-4H3;(H,3,4)(H,5,6). The maximum absolute atomic E-state index is 9.10. The van der Waals surface area contributed by atoms with Crippen molar-refractivity contribution in [2.24, 2.45) is 0 Å². The second kappa shape index (κ2) is 11.4. The third-order valence-electron chi connectivity index (χ3n) is 3.72. The molecule has 0 amide bonds. The highest BCUT2D eigenvalue weighted by molar-refractivity contribution is 6.27. The second-order valence-electron chi connectivity index (χ2n) is 5.48. The van der Waals surface area contributed by atoms with Crippen molar-refractivity contribution in [3.05, 3.63) is 47.8 Å². The molecule has 0 radical (unpaired) electrons. The fourth-order valence-corrected chi connectivity index (χ4v) is 2.24. The molecule has 1 aromatic carbocycles. The van der Waals surface area contributed by atoms with Crippen molar-refractivity contribution in [2.45, 2.75) is 19.5 Å². The zero-order valence-electron chi connectivity index (χ0n) is 16.1. The molecule has 1 unspecified atom stereocenters. The number of carboxylic acids is 2. The Hall–Kier alpha value is -3.33. The lowest BCUT2D eigenvalue weighted by molar-refractivity contribution is -0.159. The summed E-state index contributed by atoms with van der Waals surface area (Å²) in [6.45, 7) is 2.68. The molecule has 0 saturated heterocycles. The number of pyridine rings is 1. The Kier molecular flexibility index (Phi) is 9.24. The quantitative estimate of drug-likeness (QED) is 0.607. The number of methoxy groups -OCH3 is 3. The van der Waals surface area contributed by atoms with Crippen LogP contribution in [0.1, 0.15) is 24.2 Å². The van der Waals surface area contributed by atoms with Crippen LogP contribution in [0.3, 0.4) is 0 Å². The molecule has 0 aliphatic rings. The molecule has 0 bridgehead atoms. The Morgan fingerprint density at radius 1 is 1.04 bits per heavy atom. The molecule has 2 aromatic rings. The van der Waals surface area contributed by atoms with E-state index in [0.717, 1.165) is 22.8 Å². The maximum atomic E-state index is 9.10. The smallest absolute Gasteiger partial charge is 0.414 e. The van der Waals surface area contributed by atoms with E-state index in [1.165, 1.54) is 0 Å². The molecule has 2 rings (SSSR count). The summed E-state index contributed by atoms with van der Waals surface area (Å²) in [5.41, 5.74) is 1.95. The molecule has 9 heteroatoms. The monoisotopic (exact) mass is 392 g/mol. The van der Waals surface area contributed by atoms with Crippen LogP contribution < -0.4 is 19.5 Å². The summed E-state index contributed by atoms with van der Waals surface area (Å²) in [4.78, 5) is 22.6. The third-order valence-corrected chi connectivity index (χ3v) is 3.72. The second-order valence-corrected chi connectivity index (χ2v) is 5.48. The van der Waals surface area contributed by atoms with E-state index < -0.39 is 11.9 Å². The summed E-state index contributed by atoms with van der Waals surface area (Å²) in [5, 5.41) is 18.2. The lowest BCUT2D eigenvalue weighted by Gasteiger charge is -2.18. The molecular formula is C19H24N2O7. The van der Waals surface area contributed by atoms with E-state index in [-0.39, 0.29) is 6.04 Å². The number of hydrogen-bond acceptors (Lipinski definition) is 7. The highest BCUT2D eigenvalue weighted by Crippen LogP contribution is 2.34. The number of nitrogens with zero attached hydrogens (tertiary/aromatic N) is 1. The predicted octanol–water partition coefficient (Wildman–Crippen LogP) is 2.11. The molecule has 1 aromatic heterocycles. The van der Waals surface area contributed by atoms with Crippen LogP contribution in [0.2, 0.25) is 0 Å². The van der Waals surface area contributed by atoms with Crippen molar-refractivity contribution in [2.75, 3.05) is 21.3 Å². The number of carbonyl (C=O) groups is 2. The van der Waals surface area contributed by atoms with E-state index in [1.807, 2.05) is 30.3 Å². The van der Waals surface area contributed by atoms with Crippen LogP contribution in [0.15, 0.2) is 36.5 Å². The molecule has 0 aliphatic heterocycles. The van der Waals surface area contributed by atoms with Crippen LogP contribution in [-0.2, 0) is 16.1 Å². The van der Waals surface area contributed by atoms with Crippen molar-refractivity contribution in [3.8, 4) is 17.2 Å². The fourth-order valence-electron chi connectivity index (χ4n) is 2.24. The summed E-state index contributed by atoms with van der Waals surface area (Å²) in [6, 6.07) is 9.72. The summed E-state index contributed by atoms with van der Waals surface area (Å²) in [6.07, 6.45) is 1.79. The first-order chi connectivity index (χ1) is 13.3. The van der Waals surface area contributed by atoms with Crippen molar-refractivity contribution in [1.29, 1.82) is 0 Å². The molecule has 9 nitrogen and oxygen atoms in total. The average molecular weight is 392 g/mol. The summed E-state index contributed by atoms with van der Waals surface area (Å²) >= 11 is 0. The van der Waals surface area contributed by atoms with Gasteiger partial charge in [-0.25, -0.2) is 9.59 Å². The molecular weight excluding hydrogens is 368 g/mol. The minimum Gasteiger partial charge on any atom is -0.496 e. The Morgan fingerprint density at radius 2 is 1.61 bits per heavy atom. The number of aliphatic carboxylic acids is 2. The average Bonchev–Trinajstić information content (AvgIpc) is 2.72. The Balaban J connectivity index is 0.000000568. The summed E-state index contributed by atoms with van der Waals surface area (Å²) < 4.78 is 16.2. The van der Waals surface area contributed by atoms with E-state index in [4.69, 9.17) is 34.0 Å². The van der Waals surface area contributed by atoms with Gasteiger partial charge >= 0.3 is 11.9 Å². The SMILES string of the molecule is COc1cc(OC)c(CNC(C)c2ccccn2)c(OC)c1.O=C(O)C(=O)O. The number of ether oxygens (including phenoxy) is 3. The van der Waals surface area contributed by atoms with Crippen LogP contribution in [0.5, 0.6) is 17.2 Å². The zero-order chi connectivity index (χ0) is 21.1. The molecule has 28 heavy (non-hydrogen) atoms. The highest BCUT2D eigenvalue weighted by Gasteiger charge is 2.15. The van der Waals surface area contributed by atoms with Gasteiger partial charge in [0.05, 0.1) is 32.6 Å². The maximum Gasteiger partial charge on any atom is 0.414 e. The van der Waals surface area contributed by atoms with Gasteiger partial charge < -0.3 is 29.7 Å². The van der Waals surface area contributed by atoms with Crippen LogP contribution >= 0.6 is 0 Å². The van der Waals surface area contributed by atoms with Gasteiger partial charge in [0.15, 0.2) is 0 Å². The van der Waals surface area contributed by atoms with Crippen molar-refractivity contribution >= 4 is 11.9 Å². The predicted molar refractivity (Wildman–Crippen MR) is 101 cm³/mol. The number of carboxylic acid groups (broad SMARTS) is 2. The Morgan fingerprint density at radius 3 is 2.00 bits per heavy atom. The van der Waals surface area contributed by atoms with Gasteiger partial charge in [-0.3, -0.25) is 4.98 Å². The topological polar surface area (TPSA) is 127 Å². The van der Waals surface area contributed by atoms with E-state index in [9.17, 15) is 0 Å². The van der Waals surface area contributed by atoms with Crippen LogP contribution in [-0.4, -0.2) is 48.5 Å². The molecule has 1 heterocycles. The Bertz CT molecular complexity index is 744. The van der Waals surface area contributed by atoms with Gasteiger partial charge in [0.2, 0.25) is 0 Å². The summed E-state index contributed by atoms with van der Waals surface area (Å²) in [7, 11) is 4.90. The molecule has 0 spiro atoms. The number of nitrogens with one attached hydrogen (secondary N) is 1. The molecule has 1 atom stereocenters. The normalized spacial score (nSPS) is 10.9. The van der Waals surface area contributed by atoms with Gasteiger partial charge in [0.1, 0.15) is 17.2 Å². The van der Waals surface area contributed by atoms with E-state index in [0.29, 0.717) is 12.3 Å². The highest BCUT2D eigenvalue weighted by atomic mass is 16.5. The van der Waals surface area contributed by atoms with Gasteiger partial charge in [-0.05, 0) is 19.1 Å². The minimum absolute atomic E-state index is 0.123. The number of aromatic nitrogens is 1. The lowest BCUT2D eigenvalue weighted by atomic mass is 10.1. The number of hydrogen-bond donors (Lipinski definition) is 3. The van der Waals surface area contributed by atoms with Crippen molar-refractivity contribution in [1.82, 2.24) is 10.3 Å². The van der Waals surface area contributed by atoms with Gasteiger partial charge in [0.25, 0.3) is 0 Å². The fraction of sp³-hybridized carbons (Fsp3) is 0.316. The largest absolute Gasteiger partial charge is 0.496 e. The third kappa shape index (κ3) is 6.76. The van der Waals surface area contributed by atoms with Crippen molar-refractivity contribution < 1.29 is 34.0 Å². The lowest BCUT2D eigenvalue weighted by Crippen LogP contribution is -2.19. The molecule has 152 valence electrons. The van der Waals surface area contributed by atoms with Crippen LogP contribution in [0.4, 0.5) is 0 Å². The first kappa shape index (κ1) is 22.7.